The molecule has 0 aromatic carbocycles. The summed E-state index contributed by atoms with van der Waals surface area (Å²) in [5.41, 5.74) is 0. The van der Waals surface area contributed by atoms with Gasteiger partial charge in [0.15, 0.2) is 0 Å². The van der Waals surface area contributed by atoms with Gasteiger partial charge in [0.1, 0.15) is 0 Å². The van der Waals surface area contributed by atoms with Crippen LogP contribution < -0.4 is 0 Å². The Morgan fingerprint density at radius 2 is 2.21 bits per heavy atom. The lowest BCUT2D eigenvalue weighted by molar-refractivity contribution is 0.294. The van der Waals surface area contributed by atoms with E-state index in [1.165, 1.54) is 4.88 Å². The predicted molar refractivity (Wildman–Crippen MR) is 65.2 cm³/mol. The monoisotopic (exact) mass is 293 g/mol. The topological polar surface area (TPSA) is 20.3 Å². The molecule has 1 aliphatic rings. The van der Waals surface area contributed by atoms with Gasteiger partial charge in [-0.05, 0) is 22.0 Å². The Bertz CT molecular complexity index is 329. The highest BCUT2D eigenvalue weighted by Gasteiger charge is 2.15. The third-order valence-electron chi connectivity index (χ3n) is 2.27. The first-order chi connectivity index (χ1) is 6.74. The molecule has 0 saturated carbocycles. The molecule has 1 saturated heterocycles. The van der Waals surface area contributed by atoms with Gasteiger partial charge in [-0.1, -0.05) is 0 Å². The van der Waals surface area contributed by atoms with Crippen LogP contribution in [0.3, 0.4) is 0 Å². The second-order valence-corrected chi connectivity index (χ2v) is 6.96. The lowest BCUT2D eigenvalue weighted by Gasteiger charge is -2.25. The van der Waals surface area contributed by atoms with E-state index in [0.29, 0.717) is 0 Å². The second kappa shape index (κ2) is 4.88. The largest absolute Gasteiger partial charge is 0.296 e. The lowest BCUT2D eigenvalue weighted by Crippen LogP contribution is -2.36. The smallest absolute Gasteiger partial charge is 0.0363 e. The van der Waals surface area contributed by atoms with Crippen LogP contribution in [0.5, 0.6) is 0 Å². The summed E-state index contributed by atoms with van der Waals surface area (Å²) in [6.07, 6.45) is 0. The van der Waals surface area contributed by atoms with Crippen molar-refractivity contribution in [2.45, 2.75) is 6.54 Å². The maximum absolute atomic E-state index is 11.1. The molecule has 0 aliphatic carbocycles. The standard InChI is InChI=1S/C9H12BrNOS2/c10-8-5-9(13-7-8)6-11-1-3-14(12)4-2-11/h5,7H,1-4,6H2. The van der Waals surface area contributed by atoms with Crippen LogP contribution in [0.4, 0.5) is 0 Å². The number of hydrogen-bond acceptors (Lipinski definition) is 3. The summed E-state index contributed by atoms with van der Waals surface area (Å²) in [5, 5.41) is 2.11. The van der Waals surface area contributed by atoms with Gasteiger partial charge in [-0.2, -0.15) is 0 Å². The molecule has 2 nitrogen and oxygen atoms in total. The first-order valence-electron chi connectivity index (χ1n) is 4.54. The molecule has 1 aliphatic heterocycles. The van der Waals surface area contributed by atoms with E-state index in [0.717, 1.165) is 35.6 Å². The summed E-state index contributed by atoms with van der Waals surface area (Å²) in [7, 11) is -0.561. The summed E-state index contributed by atoms with van der Waals surface area (Å²) < 4.78 is 12.3. The molecule has 2 heterocycles. The molecule has 2 rings (SSSR count). The van der Waals surface area contributed by atoms with Gasteiger partial charge in [0.25, 0.3) is 0 Å². The van der Waals surface area contributed by atoms with E-state index in [9.17, 15) is 4.21 Å². The highest BCUT2D eigenvalue weighted by atomic mass is 79.9. The van der Waals surface area contributed by atoms with Crippen LogP contribution in [-0.2, 0) is 17.3 Å². The van der Waals surface area contributed by atoms with Crippen molar-refractivity contribution in [2.24, 2.45) is 0 Å². The zero-order valence-corrected chi connectivity index (χ0v) is 11.0. The van der Waals surface area contributed by atoms with E-state index in [4.69, 9.17) is 0 Å². The zero-order valence-electron chi connectivity index (χ0n) is 7.74. The van der Waals surface area contributed by atoms with Gasteiger partial charge in [0, 0.05) is 56.7 Å². The third-order valence-corrected chi connectivity index (χ3v) is 5.23. The highest BCUT2D eigenvalue weighted by Crippen LogP contribution is 2.21. The van der Waals surface area contributed by atoms with Gasteiger partial charge in [-0.15, -0.1) is 11.3 Å². The van der Waals surface area contributed by atoms with E-state index in [1.54, 1.807) is 11.3 Å². The van der Waals surface area contributed by atoms with Crippen LogP contribution in [0, 0.1) is 0 Å². The molecule has 0 bridgehead atoms. The normalized spacial score (nSPS) is 20.1. The zero-order chi connectivity index (χ0) is 9.97. The first-order valence-corrected chi connectivity index (χ1v) is 7.70. The van der Waals surface area contributed by atoms with E-state index in [-0.39, 0.29) is 0 Å². The molecule has 0 spiro atoms. The van der Waals surface area contributed by atoms with Gasteiger partial charge >= 0.3 is 0 Å². The van der Waals surface area contributed by atoms with Crippen LogP contribution in [0.1, 0.15) is 4.88 Å². The number of nitrogens with zero attached hydrogens (tertiary/aromatic N) is 1. The molecule has 1 fully saturated rings. The Hall–Kier alpha value is 0.290. The third kappa shape index (κ3) is 2.89. The van der Waals surface area contributed by atoms with Crippen molar-refractivity contribution in [2.75, 3.05) is 24.6 Å². The average Bonchev–Trinajstić information content (AvgIpc) is 2.56. The highest BCUT2D eigenvalue weighted by molar-refractivity contribution is 9.10. The molecule has 78 valence electrons. The van der Waals surface area contributed by atoms with Crippen molar-refractivity contribution in [3.63, 3.8) is 0 Å². The minimum Gasteiger partial charge on any atom is -0.296 e. The molecule has 1 aromatic heterocycles. The Labute approximate surface area is 98.9 Å². The van der Waals surface area contributed by atoms with E-state index in [2.05, 4.69) is 32.3 Å². The molecule has 0 unspecified atom stereocenters. The van der Waals surface area contributed by atoms with Gasteiger partial charge in [-0.25, -0.2) is 0 Å². The van der Waals surface area contributed by atoms with Gasteiger partial charge in [0.2, 0.25) is 0 Å². The fraction of sp³-hybridized carbons (Fsp3) is 0.556. The minimum atomic E-state index is -0.561. The molecule has 0 amide bonds. The molecular formula is C9H12BrNOS2. The van der Waals surface area contributed by atoms with Crippen molar-refractivity contribution in [1.82, 2.24) is 4.90 Å². The Balaban J connectivity index is 1.89. The fourth-order valence-corrected chi connectivity index (χ4v) is 4.11. The maximum Gasteiger partial charge on any atom is 0.0363 e. The molecular weight excluding hydrogens is 282 g/mol. The van der Waals surface area contributed by atoms with Crippen LogP contribution in [0.25, 0.3) is 0 Å². The van der Waals surface area contributed by atoms with Crippen LogP contribution >= 0.6 is 27.3 Å². The number of halogens is 1. The van der Waals surface area contributed by atoms with Crippen LogP contribution in [-0.4, -0.2) is 33.7 Å². The summed E-state index contributed by atoms with van der Waals surface area (Å²) in [6.45, 7) is 2.96. The predicted octanol–water partition coefficient (Wildman–Crippen LogP) is 2.07. The summed E-state index contributed by atoms with van der Waals surface area (Å²) in [5.74, 6) is 1.68. The Morgan fingerprint density at radius 3 is 2.79 bits per heavy atom. The maximum atomic E-state index is 11.1. The molecule has 1 aromatic rings. The molecule has 0 N–H and O–H groups in total. The van der Waals surface area contributed by atoms with E-state index < -0.39 is 10.8 Å². The summed E-state index contributed by atoms with van der Waals surface area (Å²) in [6, 6.07) is 2.16. The average molecular weight is 294 g/mol. The van der Waals surface area contributed by atoms with Gasteiger partial charge < -0.3 is 0 Å². The number of rotatable bonds is 2. The quantitative estimate of drug-likeness (QED) is 0.832. The molecule has 5 heteroatoms. The van der Waals surface area contributed by atoms with Crippen molar-refractivity contribution in [3.05, 3.63) is 20.8 Å². The lowest BCUT2D eigenvalue weighted by atomic mass is 10.4. The summed E-state index contributed by atoms with van der Waals surface area (Å²) >= 11 is 5.23. The van der Waals surface area contributed by atoms with Crippen molar-refractivity contribution >= 4 is 38.1 Å². The van der Waals surface area contributed by atoms with E-state index >= 15 is 0 Å². The number of hydrogen-bond donors (Lipinski definition) is 0. The fourth-order valence-electron chi connectivity index (χ4n) is 1.49. The van der Waals surface area contributed by atoms with Crippen molar-refractivity contribution in [3.8, 4) is 0 Å². The van der Waals surface area contributed by atoms with Gasteiger partial charge in [0.05, 0.1) is 0 Å². The molecule has 0 atom stereocenters. The van der Waals surface area contributed by atoms with E-state index in [1.807, 2.05) is 0 Å². The van der Waals surface area contributed by atoms with Crippen LogP contribution in [0.2, 0.25) is 0 Å². The van der Waals surface area contributed by atoms with Crippen LogP contribution in [0.15, 0.2) is 15.9 Å². The minimum absolute atomic E-state index is 0.561. The Kier molecular flexibility index (Phi) is 3.76. The summed E-state index contributed by atoms with van der Waals surface area (Å²) in [4.78, 5) is 3.75. The SMILES string of the molecule is O=S1CCN(Cc2cc(Br)cs2)CC1. The van der Waals surface area contributed by atoms with Gasteiger partial charge in [-0.3, -0.25) is 9.11 Å². The second-order valence-electron chi connectivity index (χ2n) is 3.36. The number of thiophene rings is 1. The first kappa shape index (κ1) is 10.8. The molecule has 14 heavy (non-hydrogen) atoms. The molecule has 0 radical (unpaired) electrons. The van der Waals surface area contributed by atoms with Crippen molar-refractivity contribution < 1.29 is 4.21 Å². The Morgan fingerprint density at radius 1 is 1.50 bits per heavy atom. The van der Waals surface area contributed by atoms with Crippen molar-refractivity contribution in [1.29, 1.82) is 0 Å².